The second-order valence-corrected chi connectivity index (χ2v) is 2.97. The van der Waals surface area contributed by atoms with Gasteiger partial charge in [0.1, 0.15) is 18.7 Å². The Balaban J connectivity index is 2.09. The van der Waals surface area contributed by atoms with Gasteiger partial charge in [-0.05, 0) is 12.1 Å². The van der Waals surface area contributed by atoms with Crippen molar-refractivity contribution in [2.45, 2.75) is 6.61 Å². The summed E-state index contributed by atoms with van der Waals surface area (Å²) in [6.07, 6.45) is 2.90. The lowest BCUT2D eigenvalue weighted by Crippen LogP contribution is -2.03. The van der Waals surface area contributed by atoms with Crippen LogP contribution in [0.5, 0.6) is 11.8 Å². The molecule has 0 aliphatic rings. The fraction of sp³-hybridized carbons (Fsp3) is 0.200. The van der Waals surface area contributed by atoms with E-state index in [4.69, 9.17) is 19.6 Å². The number of hydrogen-bond donors (Lipinski definition) is 1. The molecule has 0 atom stereocenters. The molecule has 2 aromatic heterocycles. The molecule has 84 valence electrons. The molecule has 0 saturated carbocycles. The van der Waals surface area contributed by atoms with Gasteiger partial charge in [0, 0.05) is 0 Å². The van der Waals surface area contributed by atoms with Gasteiger partial charge in [-0.2, -0.15) is 9.97 Å². The molecule has 2 N–H and O–H groups in total. The number of aromatic nitrogens is 2. The minimum Gasteiger partial charge on any atom is -0.479 e. The molecule has 2 rings (SSSR count). The third-order valence-corrected chi connectivity index (χ3v) is 1.94. The Morgan fingerprint density at radius 3 is 2.88 bits per heavy atom. The maximum atomic E-state index is 5.73. The van der Waals surface area contributed by atoms with Crippen LogP contribution >= 0.6 is 0 Å². The van der Waals surface area contributed by atoms with Crippen LogP contribution in [-0.4, -0.2) is 17.1 Å². The van der Waals surface area contributed by atoms with E-state index in [9.17, 15) is 0 Å². The molecule has 0 radical (unpaired) electrons. The Bertz CT molecular complexity index is 456. The van der Waals surface area contributed by atoms with Crippen molar-refractivity contribution >= 4 is 5.69 Å². The highest BCUT2D eigenvalue weighted by atomic mass is 16.5. The van der Waals surface area contributed by atoms with E-state index in [1.165, 1.54) is 13.4 Å². The third kappa shape index (κ3) is 2.05. The van der Waals surface area contributed by atoms with Crippen LogP contribution in [0.15, 0.2) is 29.1 Å². The first-order valence-electron chi connectivity index (χ1n) is 4.61. The third-order valence-electron chi connectivity index (χ3n) is 1.94. The van der Waals surface area contributed by atoms with Crippen LogP contribution in [0.25, 0.3) is 0 Å². The molecule has 0 aliphatic carbocycles. The number of furan rings is 1. The lowest BCUT2D eigenvalue weighted by atomic mass is 10.4. The standard InChI is InChI=1S/C10H11N3O3/c1-14-9-8(11)10(13-6-12-9)16-5-7-3-2-4-15-7/h2-4,6H,5,11H2,1H3. The normalized spacial score (nSPS) is 10.1. The van der Waals surface area contributed by atoms with Gasteiger partial charge in [0.05, 0.1) is 13.4 Å². The first-order valence-corrected chi connectivity index (χ1v) is 4.61. The average Bonchev–Trinajstić information content (AvgIpc) is 2.81. The van der Waals surface area contributed by atoms with Gasteiger partial charge in [0.15, 0.2) is 5.69 Å². The van der Waals surface area contributed by atoms with Crippen LogP contribution in [0.3, 0.4) is 0 Å². The fourth-order valence-corrected chi connectivity index (χ4v) is 1.18. The molecule has 6 nitrogen and oxygen atoms in total. The van der Waals surface area contributed by atoms with Gasteiger partial charge in [0.2, 0.25) is 11.8 Å². The Hall–Kier alpha value is -2.24. The number of nitrogens with zero attached hydrogens (tertiary/aromatic N) is 2. The molecule has 2 aromatic rings. The molecule has 0 spiro atoms. The summed E-state index contributed by atoms with van der Waals surface area (Å²) in [6.45, 7) is 0.261. The Labute approximate surface area is 92.0 Å². The fourth-order valence-electron chi connectivity index (χ4n) is 1.18. The van der Waals surface area contributed by atoms with Crippen molar-refractivity contribution in [1.82, 2.24) is 9.97 Å². The van der Waals surface area contributed by atoms with Crippen LogP contribution < -0.4 is 15.2 Å². The number of anilines is 1. The zero-order chi connectivity index (χ0) is 11.4. The second kappa shape index (κ2) is 4.52. The van der Waals surface area contributed by atoms with Gasteiger partial charge in [-0.3, -0.25) is 0 Å². The lowest BCUT2D eigenvalue weighted by Gasteiger charge is -2.07. The maximum absolute atomic E-state index is 5.73. The quantitative estimate of drug-likeness (QED) is 0.836. The van der Waals surface area contributed by atoms with Crippen molar-refractivity contribution in [2.75, 3.05) is 12.8 Å². The molecule has 6 heteroatoms. The summed E-state index contributed by atoms with van der Waals surface area (Å²) < 4.78 is 15.4. The molecule has 2 heterocycles. The predicted molar refractivity (Wildman–Crippen MR) is 56.0 cm³/mol. The molecule has 0 unspecified atom stereocenters. The first kappa shape index (κ1) is 10.3. The van der Waals surface area contributed by atoms with Crippen LogP contribution in [0, 0.1) is 0 Å². The molecule has 0 aromatic carbocycles. The number of ether oxygens (including phenoxy) is 2. The van der Waals surface area contributed by atoms with Crippen LogP contribution in [0.2, 0.25) is 0 Å². The van der Waals surface area contributed by atoms with Crippen LogP contribution in [0.1, 0.15) is 5.76 Å². The number of hydrogen-bond acceptors (Lipinski definition) is 6. The molecule has 0 amide bonds. The summed E-state index contributed by atoms with van der Waals surface area (Å²) in [6, 6.07) is 3.58. The summed E-state index contributed by atoms with van der Waals surface area (Å²) in [5.41, 5.74) is 6.00. The van der Waals surface area contributed by atoms with Gasteiger partial charge >= 0.3 is 0 Å². The van der Waals surface area contributed by atoms with Crippen LogP contribution in [0.4, 0.5) is 5.69 Å². The Morgan fingerprint density at radius 2 is 2.19 bits per heavy atom. The van der Waals surface area contributed by atoms with E-state index in [0.717, 1.165) is 0 Å². The van der Waals surface area contributed by atoms with Gasteiger partial charge < -0.3 is 19.6 Å². The van der Waals surface area contributed by atoms with Gasteiger partial charge in [-0.25, -0.2) is 0 Å². The lowest BCUT2D eigenvalue weighted by molar-refractivity contribution is 0.260. The number of nitrogen functional groups attached to an aromatic ring is 1. The van der Waals surface area contributed by atoms with Gasteiger partial charge in [-0.15, -0.1) is 0 Å². The van der Waals surface area contributed by atoms with E-state index in [1.807, 2.05) is 0 Å². The summed E-state index contributed by atoms with van der Waals surface area (Å²) in [4.78, 5) is 7.75. The number of nitrogens with two attached hydrogens (primary N) is 1. The predicted octanol–water partition coefficient (Wildman–Crippen LogP) is 1.24. The minimum atomic E-state index is 0.261. The van der Waals surface area contributed by atoms with Crippen molar-refractivity contribution in [1.29, 1.82) is 0 Å². The van der Waals surface area contributed by atoms with Gasteiger partial charge in [0.25, 0.3) is 0 Å². The Morgan fingerprint density at radius 1 is 1.38 bits per heavy atom. The zero-order valence-electron chi connectivity index (χ0n) is 8.71. The summed E-state index contributed by atoms with van der Waals surface area (Å²) >= 11 is 0. The summed E-state index contributed by atoms with van der Waals surface area (Å²) in [5.74, 6) is 1.27. The molecule has 0 aliphatic heterocycles. The smallest absolute Gasteiger partial charge is 0.244 e. The van der Waals surface area contributed by atoms with Crippen molar-refractivity contribution in [3.63, 3.8) is 0 Å². The van der Waals surface area contributed by atoms with Crippen molar-refractivity contribution in [3.05, 3.63) is 30.5 Å². The Kier molecular flexibility index (Phi) is 2.90. The first-order chi connectivity index (χ1) is 7.81. The van der Waals surface area contributed by atoms with E-state index in [2.05, 4.69) is 9.97 Å². The highest BCUT2D eigenvalue weighted by Crippen LogP contribution is 2.26. The SMILES string of the molecule is COc1ncnc(OCc2ccco2)c1N. The summed E-state index contributed by atoms with van der Waals surface area (Å²) in [7, 11) is 1.48. The van der Waals surface area contributed by atoms with E-state index in [0.29, 0.717) is 11.6 Å². The monoisotopic (exact) mass is 221 g/mol. The number of methoxy groups -OCH3 is 1. The van der Waals surface area contributed by atoms with Crippen molar-refractivity contribution < 1.29 is 13.9 Å². The topological polar surface area (TPSA) is 83.4 Å². The number of rotatable bonds is 4. The minimum absolute atomic E-state index is 0.261. The van der Waals surface area contributed by atoms with Crippen LogP contribution in [-0.2, 0) is 6.61 Å². The molecule has 0 bridgehead atoms. The van der Waals surface area contributed by atoms with E-state index in [-0.39, 0.29) is 18.2 Å². The van der Waals surface area contributed by atoms with E-state index in [1.54, 1.807) is 18.4 Å². The summed E-state index contributed by atoms with van der Waals surface area (Å²) in [5, 5.41) is 0. The van der Waals surface area contributed by atoms with Crippen molar-refractivity contribution in [2.24, 2.45) is 0 Å². The largest absolute Gasteiger partial charge is 0.479 e. The van der Waals surface area contributed by atoms with E-state index < -0.39 is 0 Å². The molecule has 0 fully saturated rings. The van der Waals surface area contributed by atoms with Crippen molar-refractivity contribution in [3.8, 4) is 11.8 Å². The molecule has 16 heavy (non-hydrogen) atoms. The molecular weight excluding hydrogens is 210 g/mol. The zero-order valence-corrected chi connectivity index (χ0v) is 8.71. The highest BCUT2D eigenvalue weighted by Gasteiger charge is 2.09. The van der Waals surface area contributed by atoms with Gasteiger partial charge in [-0.1, -0.05) is 0 Å². The highest BCUT2D eigenvalue weighted by molar-refractivity contribution is 5.55. The molecular formula is C10H11N3O3. The second-order valence-electron chi connectivity index (χ2n) is 2.97. The average molecular weight is 221 g/mol. The van der Waals surface area contributed by atoms with E-state index >= 15 is 0 Å². The molecule has 0 saturated heterocycles. The maximum Gasteiger partial charge on any atom is 0.244 e.